The zero-order valence-corrected chi connectivity index (χ0v) is 22.5. The van der Waals surface area contributed by atoms with Gasteiger partial charge in [0.1, 0.15) is 0 Å². The van der Waals surface area contributed by atoms with Gasteiger partial charge in [-0.3, -0.25) is 9.78 Å². The molecule has 0 bridgehead atoms. The van der Waals surface area contributed by atoms with Crippen LogP contribution in [0.25, 0.3) is 34.4 Å². The van der Waals surface area contributed by atoms with E-state index in [2.05, 4.69) is 55.9 Å². The Balaban J connectivity index is 1.53. The average Bonchev–Trinajstić information content (AvgIpc) is 3.16. The minimum atomic E-state index is 0.0578. The van der Waals surface area contributed by atoms with Crippen molar-refractivity contribution in [2.45, 2.75) is 32.2 Å². The fourth-order valence-electron chi connectivity index (χ4n) is 4.38. The topological polar surface area (TPSA) is 76.8 Å². The average molecular weight is 538 g/mol. The summed E-state index contributed by atoms with van der Waals surface area (Å²) in [6.07, 6.45) is 9.27. The third-order valence-electron chi connectivity index (χ3n) is 6.34. The molecule has 0 aliphatic rings. The fraction of sp³-hybridized carbons (Fsp3) is 0.276. The normalized spacial score (nSPS) is 11.5. The maximum atomic E-state index is 11.8. The second-order valence-electron chi connectivity index (χ2n) is 8.94. The molecule has 8 heteroatoms. The zero-order chi connectivity index (χ0) is 26.2. The number of amides is 1. The van der Waals surface area contributed by atoms with Gasteiger partial charge in [0.15, 0.2) is 11.0 Å². The number of unbranched alkanes of at least 4 members (excludes halogenated alkanes) is 2. The lowest BCUT2D eigenvalue weighted by atomic mass is 10.1. The van der Waals surface area contributed by atoms with Crippen LogP contribution in [-0.2, 0) is 18.4 Å². The van der Waals surface area contributed by atoms with Crippen molar-refractivity contribution in [1.29, 1.82) is 0 Å². The summed E-state index contributed by atoms with van der Waals surface area (Å²) in [4.78, 5) is 16.3. The van der Waals surface area contributed by atoms with Gasteiger partial charge in [-0.15, -0.1) is 0 Å². The molecule has 0 fully saturated rings. The Labute approximate surface area is 227 Å². The first kappa shape index (κ1) is 26.9. The van der Waals surface area contributed by atoms with E-state index < -0.39 is 0 Å². The van der Waals surface area contributed by atoms with Crippen LogP contribution in [0.4, 0.5) is 0 Å². The molecule has 1 amide bonds. The Bertz CT molecular complexity index is 1380. The molecule has 37 heavy (non-hydrogen) atoms. The highest BCUT2D eigenvalue weighted by molar-refractivity contribution is 6.42. The van der Waals surface area contributed by atoms with Gasteiger partial charge in [0.2, 0.25) is 5.91 Å². The van der Waals surface area contributed by atoms with Crippen LogP contribution in [0.3, 0.4) is 0 Å². The number of carbonyl (C=O) groups excluding carboxylic acids is 1. The van der Waals surface area contributed by atoms with Gasteiger partial charge in [-0.1, -0.05) is 53.5 Å². The molecule has 0 aliphatic heterocycles. The van der Waals surface area contributed by atoms with E-state index in [-0.39, 0.29) is 5.91 Å². The molecule has 3 N–H and O–H groups in total. The third kappa shape index (κ3) is 6.77. The maximum Gasteiger partial charge on any atom is 0.282 e. The Kier molecular flexibility index (Phi) is 9.34. The van der Waals surface area contributed by atoms with Gasteiger partial charge >= 0.3 is 0 Å². The number of hydrogen-bond donors (Lipinski definition) is 2. The van der Waals surface area contributed by atoms with Gasteiger partial charge in [-0.2, -0.15) is 0 Å². The number of carbonyl (C=O) groups is 1. The summed E-state index contributed by atoms with van der Waals surface area (Å²) in [7, 11) is 2.04. The number of aromatic nitrogens is 3. The Morgan fingerprint density at radius 3 is 2.57 bits per heavy atom. The molecule has 0 aliphatic carbocycles. The van der Waals surface area contributed by atoms with Crippen LogP contribution in [0.2, 0.25) is 10.0 Å². The number of nitrogens with zero attached hydrogens (tertiary/aromatic N) is 3. The number of halogens is 2. The number of benzene rings is 2. The molecule has 0 spiro atoms. The van der Waals surface area contributed by atoms with Crippen molar-refractivity contribution < 1.29 is 9.36 Å². The number of hydrogen-bond acceptors (Lipinski definition) is 3. The van der Waals surface area contributed by atoms with Gasteiger partial charge in [-0.25, -0.2) is 9.13 Å². The minimum Gasteiger partial charge on any atom is -0.355 e. The molecular formula is C29H32Cl2N5O+. The number of rotatable bonds is 11. The molecule has 2 aromatic carbocycles. The van der Waals surface area contributed by atoms with Crippen molar-refractivity contribution in [3.8, 4) is 11.3 Å². The summed E-state index contributed by atoms with van der Waals surface area (Å²) >= 11 is 12.7. The summed E-state index contributed by atoms with van der Waals surface area (Å²) in [5.41, 5.74) is 10.6. The van der Waals surface area contributed by atoms with E-state index >= 15 is 0 Å². The monoisotopic (exact) mass is 536 g/mol. The second kappa shape index (κ2) is 12.9. The first-order chi connectivity index (χ1) is 18.0. The molecular weight excluding hydrogens is 505 g/mol. The van der Waals surface area contributed by atoms with E-state index in [1.165, 1.54) is 0 Å². The predicted molar refractivity (Wildman–Crippen MR) is 152 cm³/mol. The van der Waals surface area contributed by atoms with E-state index in [0.29, 0.717) is 29.6 Å². The zero-order valence-electron chi connectivity index (χ0n) is 21.0. The van der Waals surface area contributed by atoms with Crippen LogP contribution in [0.5, 0.6) is 0 Å². The molecule has 4 rings (SSSR count). The lowest BCUT2D eigenvalue weighted by Crippen LogP contribution is -2.31. The fourth-order valence-corrected chi connectivity index (χ4v) is 4.69. The summed E-state index contributed by atoms with van der Waals surface area (Å²) in [6.45, 7) is 1.79. The Morgan fingerprint density at radius 1 is 1.05 bits per heavy atom. The molecule has 0 unspecified atom stereocenters. The standard InChI is InChI=1S/C29H31Cl2N5O/c1-35-26-19-23(30)24(31)20-27(26)36(18-6-2-3-8-28(37)34-17-15-32)29(35)14-11-21-9-12-22(13-10-21)25-7-4-5-16-33-25/h4-5,7,9-14,16,19-20H,2-3,6,8,15,17-18,32H2,1H3/p+1/b14-11+. The van der Waals surface area contributed by atoms with E-state index in [1.807, 2.05) is 37.4 Å². The first-order valence-corrected chi connectivity index (χ1v) is 13.3. The number of nitrogens with two attached hydrogens (primary N) is 1. The van der Waals surface area contributed by atoms with Gasteiger partial charge in [0, 0.05) is 49.5 Å². The number of nitrogens with one attached hydrogen (secondary N) is 1. The number of pyridine rings is 1. The summed E-state index contributed by atoms with van der Waals surface area (Å²) in [5.74, 6) is 1.10. The lowest BCUT2D eigenvalue weighted by Gasteiger charge is -2.04. The van der Waals surface area contributed by atoms with E-state index in [0.717, 1.165) is 59.5 Å². The highest BCUT2D eigenvalue weighted by Crippen LogP contribution is 2.28. The largest absolute Gasteiger partial charge is 0.355 e. The molecule has 2 aromatic heterocycles. The van der Waals surface area contributed by atoms with Gasteiger partial charge < -0.3 is 11.1 Å². The summed E-state index contributed by atoms with van der Waals surface area (Å²) in [5, 5.41) is 3.89. The van der Waals surface area contributed by atoms with E-state index in [4.69, 9.17) is 28.9 Å². The molecule has 4 aromatic rings. The highest BCUT2D eigenvalue weighted by atomic mass is 35.5. The lowest BCUT2D eigenvalue weighted by molar-refractivity contribution is -0.647. The van der Waals surface area contributed by atoms with Crippen molar-refractivity contribution in [2.75, 3.05) is 13.1 Å². The predicted octanol–water partition coefficient (Wildman–Crippen LogP) is 5.64. The van der Waals surface area contributed by atoms with Crippen molar-refractivity contribution in [2.24, 2.45) is 12.8 Å². The second-order valence-corrected chi connectivity index (χ2v) is 9.76. The van der Waals surface area contributed by atoms with Crippen molar-refractivity contribution in [3.05, 3.63) is 82.2 Å². The molecule has 192 valence electrons. The van der Waals surface area contributed by atoms with Crippen molar-refractivity contribution >= 4 is 52.3 Å². The van der Waals surface area contributed by atoms with Crippen molar-refractivity contribution in [1.82, 2.24) is 14.9 Å². The summed E-state index contributed by atoms with van der Waals surface area (Å²) in [6, 6.07) is 18.1. The van der Waals surface area contributed by atoms with Crippen LogP contribution >= 0.6 is 23.2 Å². The maximum absolute atomic E-state index is 11.8. The molecule has 2 heterocycles. The van der Waals surface area contributed by atoms with E-state index in [9.17, 15) is 4.79 Å². The number of imidazole rings is 1. The smallest absolute Gasteiger partial charge is 0.282 e. The molecule has 6 nitrogen and oxygen atoms in total. The minimum absolute atomic E-state index is 0.0578. The Morgan fingerprint density at radius 2 is 1.84 bits per heavy atom. The van der Waals surface area contributed by atoms with Crippen LogP contribution in [0.15, 0.2) is 60.8 Å². The van der Waals surface area contributed by atoms with Gasteiger partial charge in [0.25, 0.3) is 5.82 Å². The Hall–Kier alpha value is -3.19. The van der Waals surface area contributed by atoms with Crippen LogP contribution in [0.1, 0.15) is 37.1 Å². The van der Waals surface area contributed by atoms with Crippen LogP contribution < -0.4 is 15.6 Å². The first-order valence-electron chi connectivity index (χ1n) is 12.5. The van der Waals surface area contributed by atoms with Crippen molar-refractivity contribution in [3.63, 3.8) is 0 Å². The van der Waals surface area contributed by atoms with E-state index in [1.54, 1.807) is 6.20 Å². The third-order valence-corrected chi connectivity index (χ3v) is 7.06. The molecule has 0 radical (unpaired) electrons. The molecule has 0 saturated heterocycles. The number of aryl methyl sites for hydroxylation is 2. The quantitative estimate of drug-likeness (QED) is 0.192. The highest BCUT2D eigenvalue weighted by Gasteiger charge is 2.22. The van der Waals surface area contributed by atoms with Crippen LogP contribution in [0, 0.1) is 0 Å². The van der Waals surface area contributed by atoms with Crippen LogP contribution in [-0.4, -0.2) is 28.5 Å². The SMILES string of the molecule is C[n+]1c(/C=C/c2ccc(-c3ccccn3)cc2)n(CCCCCC(=O)NCCN)c2cc(Cl)c(Cl)cc21. The molecule has 0 atom stereocenters. The summed E-state index contributed by atoms with van der Waals surface area (Å²) < 4.78 is 4.40. The molecule has 0 saturated carbocycles. The van der Waals surface area contributed by atoms with Gasteiger partial charge in [-0.05, 0) is 43.0 Å². The van der Waals surface area contributed by atoms with Gasteiger partial charge in [0.05, 0.1) is 29.3 Å². The number of fused-ring (bicyclic) bond motifs is 1.